The van der Waals surface area contributed by atoms with Gasteiger partial charge in [0, 0.05) is 18.7 Å². The molecule has 0 aromatic heterocycles. The minimum Gasteiger partial charge on any atom is -0.507 e. The van der Waals surface area contributed by atoms with Crippen molar-refractivity contribution in [2.75, 3.05) is 41.4 Å². The molecule has 33 heavy (non-hydrogen) atoms. The van der Waals surface area contributed by atoms with Gasteiger partial charge in [-0.1, -0.05) is 12.1 Å². The summed E-state index contributed by atoms with van der Waals surface area (Å²) in [5.41, 5.74) is 0.684. The molecule has 3 rings (SSSR count). The number of Topliss-reactive ketones (excluding diaryl/α,β-unsaturated/α-hetero) is 1. The molecule has 0 aliphatic carbocycles. The van der Waals surface area contributed by atoms with Gasteiger partial charge in [0.2, 0.25) is 0 Å². The number of aliphatic hydroxyl groups excluding tert-OH is 1. The number of nitrogens with zero attached hydrogens (tertiary/aromatic N) is 2. The summed E-state index contributed by atoms with van der Waals surface area (Å²) < 4.78 is 23.9. The van der Waals surface area contributed by atoms with Crippen LogP contribution in [0.4, 0.5) is 4.39 Å². The normalized spacial score (nSPS) is 17.5. The van der Waals surface area contributed by atoms with Crippen molar-refractivity contribution in [3.05, 3.63) is 70.5 Å². The van der Waals surface area contributed by atoms with E-state index in [-0.39, 0.29) is 23.4 Å². The molecular formula is C24H25FN2O6. The van der Waals surface area contributed by atoms with E-state index >= 15 is 0 Å². The van der Waals surface area contributed by atoms with E-state index in [1.807, 2.05) is 19.0 Å². The molecule has 1 aliphatic heterocycles. The Labute approximate surface area is 190 Å². The van der Waals surface area contributed by atoms with Crippen LogP contribution in [-0.4, -0.2) is 74.0 Å². The molecule has 1 fully saturated rings. The number of hydrogen-bond donors (Lipinski definition) is 1. The molecule has 1 heterocycles. The number of likely N-dealkylation sites (tertiary alicyclic amines) is 1. The molecule has 0 bridgehead atoms. The second-order valence-electron chi connectivity index (χ2n) is 7.76. The summed E-state index contributed by atoms with van der Waals surface area (Å²) in [4.78, 5) is 40.9. The van der Waals surface area contributed by atoms with Gasteiger partial charge in [-0.15, -0.1) is 0 Å². The van der Waals surface area contributed by atoms with Crippen LogP contribution in [0.3, 0.4) is 0 Å². The Morgan fingerprint density at radius 1 is 1.09 bits per heavy atom. The monoisotopic (exact) mass is 456 g/mol. The van der Waals surface area contributed by atoms with Crippen LogP contribution in [0.1, 0.15) is 27.5 Å². The Bertz CT molecular complexity index is 1110. The standard InChI is InChI=1S/C24H25FN2O6/c1-26(2)11-12-27-20(14-5-7-15(8-6-14)24(31)33-4)19(22(29)23(27)30)21(28)16-9-10-18(32-3)17(25)13-16/h5-10,13,20,28H,11-12H2,1-4H3/b21-19+/t20-/m1/s1. The smallest absolute Gasteiger partial charge is 0.337 e. The molecule has 1 saturated heterocycles. The quantitative estimate of drug-likeness (QED) is 0.296. The number of rotatable bonds is 7. The molecular weight excluding hydrogens is 431 g/mol. The molecule has 2 aromatic carbocycles. The SMILES string of the molecule is COC(=O)c1ccc([C@@H]2/C(=C(\O)c3ccc(OC)c(F)c3)C(=O)C(=O)N2CCN(C)C)cc1. The highest BCUT2D eigenvalue weighted by molar-refractivity contribution is 6.46. The van der Waals surface area contributed by atoms with Crippen molar-refractivity contribution >= 4 is 23.4 Å². The number of carbonyl (C=O) groups excluding carboxylic acids is 3. The van der Waals surface area contributed by atoms with Crippen LogP contribution >= 0.6 is 0 Å². The van der Waals surface area contributed by atoms with E-state index in [1.54, 1.807) is 12.1 Å². The van der Waals surface area contributed by atoms with Crippen LogP contribution in [0.2, 0.25) is 0 Å². The van der Waals surface area contributed by atoms with E-state index < -0.39 is 35.3 Å². The first-order valence-electron chi connectivity index (χ1n) is 10.1. The molecule has 1 atom stereocenters. The van der Waals surface area contributed by atoms with Gasteiger partial charge in [0.15, 0.2) is 11.6 Å². The fourth-order valence-corrected chi connectivity index (χ4v) is 3.65. The highest BCUT2D eigenvalue weighted by Crippen LogP contribution is 2.39. The summed E-state index contributed by atoms with van der Waals surface area (Å²) >= 11 is 0. The first kappa shape index (κ1) is 23.9. The van der Waals surface area contributed by atoms with E-state index in [4.69, 9.17) is 9.47 Å². The lowest BCUT2D eigenvalue weighted by atomic mass is 9.94. The number of carbonyl (C=O) groups is 3. The van der Waals surface area contributed by atoms with Crippen LogP contribution in [0.15, 0.2) is 48.0 Å². The van der Waals surface area contributed by atoms with Crippen molar-refractivity contribution in [3.8, 4) is 5.75 Å². The second kappa shape index (κ2) is 9.83. The Balaban J connectivity index is 2.14. The molecule has 174 valence electrons. The average molecular weight is 456 g/mol. The Morgan fingerprint density at radius 3 is 2.27 bits per heavy atom. The maximum atomic E-state index is 14.3. The zero-order valence-electron chi connectivity index (χ0n) is 18.8. The van der Waals surface area contributed by atoms with Crippen molar-refractivity contribution in [1.29, 1.82) is 0 Å². The molecule has 1 aliphatic rings. The van der Waals surface area contributed by atoms with Gasteiger partial charge in [-0.05, 0) is 50.0 Å². The summed E-state index contributed by atoms with van der Waals surface area (Å²) in [6.45, 7) is 0.690. The van der Waals surface area contributed by atoms with Gasteiger partial charge in [-0.2, -0.15) is 0 Å². The van der Waals surface area contributed by atoms with Gasteiger partial charge in [0.05, 0.1) is 31.4 Å². The van der Waals surface area contributed by atoms with Crippen molar-refractivity contribution in [1.82, 2.24) is 9.80 Å². The molecule has 0 spiro atoms. The second-order valence-corrected chi connectivity index (χ2v) is 7.76. The van der Waals surface area contributed by atoms with Gasteiger partial charge in [-0.3, -0.25) is 9.59 Å². The topological polar surface area (TPSA) is 96.4 Å². The highest BCUT2D eigenvalue weighted by atomic mass is 19.1. The number of likely N-dealkylation sites (N-methyl/N-ethyl adjacent to an activating group) is 1. The Hall–Kier alpha value is -3.72. The van der Waals surface area contributed by atoms with Crippen LogP contribution in [0.25, 0.3) is 5.76 Å². The number of benzene rings is 2. The lowest BCUT2D eigenvalue weighted by molar-refractivity contribution is -0.140. The van der Waals surface area contributed by atoms with Crippen LogP contribution in [0, 0.1) is 5.82 Å². The predicted octanol–water partition coefficient (Wildman–Crippen LogP) is 2.60. The molecule has 8 nitrogen and oxygen atoms in total. The van der Waals surface area contributed by atoms with E-state index in [0.717, 1.165) is 6.07 Å². The maximum Gasteiger partial charge on any atom is 0.337 e. The Kier molecular flexibility index (Phi) is 7.13. The maximum absolute atomic E-state index is 14.3. The predicted molar refractivity (Wildman–Crippen MR) is 118 cm³/mol. The van der Waals surface area contributed by atoms with E-state index in [1.165, 1.54) is 43.4 Å². The lowest BCUT2D eigenvalue weighted by Crippen LogP contribution is -2.35. The van der Waals surface area contributed by atoms with Crippen LogP contribution < -0.4 is 4.74 Å². The zero-order chi connectivity index (χ0) is 24.3. The third-order valence-electron chi connectivity index (χ3n) is 5.40. The molecule has 1 amide bonds. The van der Waals surface area contributed by atoms with Crippen LogP contribution in [-0.2, 0) is 14.3 Å². The summed E-state index contributed by atoms with van der Waals surface area (Å²) in [6, 6.07) is 9.07. The van der Waals surface area contributed by atoms with Gasteiger partial charge in [0.1, 0.15) is 5.76 Å². The molecule has 0 saturated carbocycles. The van der Waals surface area contributed by atoms with E-state index in [2.05, 4.69) is 0 Å². The molecule has 0 radical (unpaired) electrons. The average Bonchev–Trinajstić information content (AvgIpc) is 3.06. The Morgan fingerprint density at radius 2 is 1.73 bits per heavy atom. The van der Waals surface area contributed by atoms with Crippen molar-refractivity contribution < 1.29 is 33.4 Å². The van der Waals surface area contributed by atoms with E-state index in [0.29, 0.717) is 17.7 Å². The van der Waals surface area contributed by atoms with Crippen molar-refractivity contribution in [3.63, 3.8) is 0 Å². The van der Waals surface area contributed by atoms with Crippen molar-refractivity contribution in [2.24, 2.45) is 0 Å². The summed E-state index contributed by atoms with van der Waals surface area (Å²) in [6.07, 6.45) is 0. The fraction of sp³-hybridized carbons (Fsp3) is 0.292. The molecule has 9 heteroatoms. The number of halogens is 1. The number of amides is 1. The summed E-state index contributed by atoms with van der Waals surface area (Å²) in [5.74, 6) is -3.41. The molecule has 0 unspecified atom stereocenters. The summed E-state index contributed by atoms with van der Waals surface area (Å²) in [7, 11) is 6.24. The minimum atomic E-state index is -0.915. The number of aliphatic hydroxyl groups is 1. The number of methoxy groups -OCH3 is 2. The van der Waals surface area contributed by atoms with E-state index in [9.17, 15) is 23.9 Å². The minimum absolute atomic E-state index is 0.0204. The number of esters is 1. The number of hydrogen-bond acceptors (Lipinski definition) is 7. The zero-order valence-corrected chi connectivity index (χ0v) is 18.8. The highest BCUT2D eigenvalue weighted by Gasteiger charge is 2.46. The van der Waals surface area contributed by atoms with Gasteiger partial charge >= 0.3 is 5.97 Å². The van der Waals surface area contributed by atoms with Gasteiger partial charge in [0.25, 0.3) is 11.7 Å². The number of ether oxygens (including phenoxy) is 2. The van der Waals surface area contributed by atoms with Gasteiger partial charge < -0.3 is 24.4 Å². The molecule has 1 N–H and O–H groups in total. The van der Waals surface area contributed by atoms with Gasteiger partial charge in [-0.25, -0.2) is 9.18 Å². The first-order chi connectivity index (χ1) is 15.7. The largest absolute Gasteiger partial charge is 0.507 e. The lowest BCUT2D eigenvalue weighted by Gasteiger charge is -2.26. The molecule has 2 aromatic rings. The van der Waals surface area contributed by atoms with Crippen molar-refractivity contribution in [2.45, 2.75) is 6.04 Å². The number of ketones is 1. The first-order valence-corrected chi connectivity index (χ1v) is 10.1. The third-order valence-corrected chi connectivity index (χ3v) is 5.40. The third kappa shape index (κ3) is 4.73. The van der Waals surface area contributed by atoms with Crippen LogP contribution in [0.5, 0.6) is 5.75 Å². The fourth-order valence-electron chi connectivity index (χ4n) is 3.65. The summed E-state index contributed by atoms with van der Waals surface area (Å²) in [5, 5.41) is 11.0.